The highest BCUT2D eigenvalue weighted by molar-refractivity contribution is 5.92. The van der Waals surface area contributed by atoms with Gasteiger partial charge in [0, 0.05) is 22.5 Å². The number of hydrogen-bond donors (Lipinski definition) is 1. The number of aliphatic hydroxyl groups excluding tert-OH is 1. The lowest BCUT2D eigenvalue weighted by Crippen LogP contribution is -2.67. The van der Waals surface area contributed by atoms with Gasteiger partial charge < -0.3 is 24.1 Å². The van der Waals surface area contributed by atoms with Gasteiger partial charge in [0.1, 0.15) is 18.3 Å². The van der Waals surface area contributed by atoms with Gasteiger partial charge in [-0.05, 0) is 12.5 Å². The Morgan fingerprint density at radius 1 is 1.38 bits per heavy atom. The summed E-state index contributed by atoms with van der Waals surface area (Å²) in [6.07, 6.45) is -3.74. The largest absolute Gasteiger partial charge is 0.458 e. The van der Waals surface area contributed by atoms with Crippen LogP contribution in [0.15, 0.2) is 36.5 Å². The van der Waals surface area contributed by atoms with Crippen molar-refractivity contribution in [2.45, 2.75) is 44.6 Å². The molecule has 0 aromatic carbocycles. The van der Waals surface area contributed by atoms with E-state index in [2.05, 4.69) is 19.7 Å². The van der Waals surface area contributed by atoms with Crippen LogP contribution in [0.2, 0.25) is 0 Å². The van der Waals surface area contributed by atoms with Crippen LogP contribution in [0.1, 0.15) is 13.8 Å². The van der Waals surface area contributed by atoms with Crippen molar-refractivity contribution in [3.05, 3.63) is 36.5 Å². The van der Waals surface area contributed by atoms with Crippen molar-refractivity contribution in [3.63, 3.8) is 0 Å². The van der Waals surface area contributed by atoms with Crippen molar-refractivity contribution in [2.24, 2.45) is 17.3 Å². The van der Waals surface area contributed by atoms with E-state index in [1.807, 2.05) is 6.92 Å². The molecule has 0 spiro atoms. The van der Waals surface area contributed by atoms with Gasteiger partial charge in [-0.1, -0.05) is 26.7 Å². The molecule has 8 atom stereocenters. The van der Waals surface area contributed by atoms with Gasteiger partial charge in [-0.2, -0.15) is 0 Å². The first-order valence-corrected chi connectivity index (χ1v) is 8.58. The Balaban J connectivity index is 1.83. The molecule has 3 aliphatic heterocycles. The Labute approximate surface area is 151 Å². The fourth-order valence-corrected chi connectivity index (χ4v) is 4.79. The first kappa shape index (κ1) is 17.5. The molecule has 1 saturated carbocycles. The summed E-state index contributed by atoms with van der Waals surface area (Å²) in [4.78, 5) is 24.4. The summed E-state index contributed by atoms with van der Waals surface area (Å²) in [6.45, 7) is 15.2. The smallest absolute Gasteiger partial charge is 0.334 e. The van der Waals surface area contributed by atoms with Crippen LogP contribution in [0, 0.1) is 17.3 Å². The number of fused-ring (bicyclic) bond motifs is 5. The maximum atomic E-state index is 12.3. The predicted molar refractivity (Wildman–Crippen MR) is 88.6 cm³/mol. The molecule has 7 heteroatoms. The Bertz CT molecular complexity index is 740. The van der Waals surface area contributed by atoms with Crippen molar-refractivity contribution in [1.29, 1.82) is 0 Å². The van der Waals surface area contributed by atoms with Gasteiger partial charge >= 0.3 is 11.9 Å². The molecule has 0 aromatic heterocycles. The van der Waals surface area contributed by atoms with Gasteiger partial charge in [-0.15, -0.1) is 0 Å². The molecule has 4 rings (SSSR count). The second-order valence-electron chi connectivity index (χ2n) is 7.72. The third-order valence-corrected chi connectivity index (χ3v) is 6.24. The molecule has 0 aromatic rings. The van der Waals surface area contributed by atoms with Crippen LogP contribution in [0.25, 0.3) is 0 Å². The third-order valence-electron chi connectivity index (χ3n) is 6.24. The van der Waals surface area contributed by atoms with E-state index >= 15 is 0 Å². The Morgan fingerprint density at radius 3 is 2.73 bits per heavy atom. The van der Waals surface area contributed by atoms with Crippen LogP contribution in [0.3, 0.4) is 0 Å². The number of ether oxygens (including phenoxy) is 4. The average molecular weight is 362 g/mol. The van der Waals surface area contributed by atoms with Crippen molar-refractivity contribution >= 4 is 11.9 Å². The van der Waals surface area contributed by atoms with Gasteiger partial charge in [0.05, 0.1) is 18.6 Å². The normalized spacial score (nSPS) is 46.4. The van der Waals surface area contributed by atoms with Crippen LogP contribution in [0.5, 0.6) is 0 Å². The lowest BCUT2D eigenvalue weighted by Gasteiger charge is -2.56. The van der Waals surface area contributed by atoms with E-state index in [9.17, 15) is 14.7 Å². The van der Waals surface area contributed by atoms with Crippen LogP contribution in [-0.4, -0.2) is 54.4 Å². The fraction of sp³-hybridized carbons (Fsp3) is 0.579. The Morgan fingerprint density at radius 2 is 2.08 bits per heavy atom. The zero-order chi connectivity index (χ0) is 19.0. The van der Waals surface area contributed by atoms with Gasteiger partial charge in [-0.3, -0.25) is 0 Å². The molecule has 1 N–H and O–H groups in total. The molecule has 0 amide bonds. The van der Waals surface area contributed by atoms with Crippen LogP contribution < -0.4 is 0 Å². The number of rotatable bonds is 2. The van der Waals surface area contributed by atoms with Crippen molar-refractivity contribution < 1.29 is 33.6 Å². The van der Waals surface area contributed by atoms with E-state index in [1.165, 1.54) is 0 Å². The summed E-state index contributed by atoms with van der Waals surface area (Å²) >= 11 is 0. The molecule has 7 nitrogen and oxygen atoms in total. The van der Waals surface area contributed by atoms with Gasteiger partial charge in [-0.25, -0.2) is 9.59 Å². The van der Waals surface area contributed by atoms with Crippen LogP contribution in [0.4, 0.5) is 0 Å². The second-order valence-corrected chi connectivity index (χ2v) is 7.72. The number of carbonyl (C=O) groups excluding carboxylic acids is 2. The van der Waals surface area contributed by atoms with E-state index in [0.717, 1.165) is 0 Å². The molecule has 1 aliphatic carbocycles. The molecule has 140 valence electrons. The lowest BCUT2D eigenvalue weighted by atomic mass is 9.54. The van der Waals surface area contributed by atoms with Crippen LogP contribution >= 0.6 is 0 Å². The van der Waals surface area contributed by atoms with Crippen molar-refractivity contribution in [2.75, 3.05) is 6.61 Å². The highest BCUT2D eigenvalue weighted by atomic mass is 16.7. The van der Waals surface area contributed by atoms with E-state index in [4.69, 9.17) is 18.9 Å². The molecule has 4 fully saturated rings. The predicted octanol–water partition coefficient (Wildman–Crippen LogP) is 0.880. The highest BCUT2D eigenvalue weighted by Gasteiger charge is 2.70. The summed E-state index contributed by atoms with van der Waals surface area (Å²) in [7, 11) is 0. The molecular weight excluding hydrogens is 340 g/mol. The molecular formula is C19H22O7. The molecule has 26 heavy (non-hydrogen) atoms. The summed E-state index contributed by atoms with van der Waals surface area (Å²) in [5.74, 6) is -2.30. The van der Waals surface area contributed by atoms with E-state index in [-0.39, 0.29) is 17.8 Å². The number of aliphatic hydroxyl groups is 1. The first-order chi connectivity index (χ1) is 12.2. The number of hydrogen-bond acceptors (Lipinski definition) is 7. The quantitative estimate of drug-likeness (QED) is 0.443. The molecule has 0 radical (unpaired) electrons. The van der Waals surface area contributed by atoms with Crippen LogP contribution in [-0.2, 0) is 28.5 Å². The summed E-state index contributed by atoms with van der Waals surface area (Å²) in [6, 6.07) is 0. The maximum Gasteiger partial charge on any atom is 0.334 e. The standard InChI is InChI=1S/C19H22O7/c1-7(2)16(21)25-13-11-8(3)17(22)26-14(11)15(20)19(5)10-6-23-18(24-10)9(4)12(13)19/h10-15,18,20H,1,3-4,6H2,2,5H3/t10-,11-,12-,13-,14-,15-,18-,19+/m0/s1. The van der Waals surface area contributed by atoms with E-state index in [0.29, 0.717) is 5.57 Å². The minimum Gasteiger partial charge on any atom is -0.458 e. The molecule has 4 aliphatic rings. The fourth-order valence-electron chi connectivity index (χ4n) is 4.79. The highest BCUT2D eigenvalue weighted by Crippen LogP contribution is 2.59. The number of esters is 2. The van der Waals surface area contributed by atoms with Gasteiger partial charge in [0.25, 0.3) is 0 Å². The van der Waals surface area contributed by atoms with Gasteiger partial charge in [0.2, 0.25) is 0 Å². The van der Waals surface area contributed by atoms with E-state index < -0.39 is 59.9 Å². The Hall–Kier alpha value is -1.96. The Kier molecular flexibility index (Phi) is 3.70. The zero-order valence-corrected chi connectivity index (χ0v) is 14.8. The van der Waals surface area contributed by atoms with Gasteiger partial charge in [0.15, 0.2) is 6.29 Å². The van der Waals surface area contributed by atoms with Crippen molar-refractivity contribution in [3.8, 4) is 0 Å². The van der Waals surface area contributed by atoms with E-state index in [1.54, 1.807) is 6.92 Å². The molecule has 0 unspecified atom stereocenters. The molecule has 3 heterocycles. The minimum absolute atomic E-state index is 0.183. The maximum absolute atomic E-state index is 12.3. The third kappa shape index (κ3) is 2.05. The second kappa shape index (κ2) is 5.52. The summed E-state index contributed by atoms with van der Waals surface area (Å²) < 4.78 is 22.6. The molecule has 2 bridgehead atoms. The average Bonchev–Trinajstić information content (AvgIpc) is 3.16. The topological polar surface area (TPSA) is 91.3 Å². The SMILES string of the molecule is C=C(C)C(=O)O[C@H]1[C@@H]2C(=C)C(=O)O[C@@H]2[C@H](O)[C@]2(C)[C@@H]3CO[C@@H](O3)C(=C)[C@@H]12. The number of carbonyl (C=O) groups is 2. The summed E-state index contributed by atoms with van der Waals surface area (Å²) in [5.41, 5.74) is 0.103. The van der Waals surface area contributed by atoms with Crippen molar-refractivity contribution in [1.82, 2.24) is 0 Å². The monoisotopic (exact) mass is 362 g/mol. The first-order valence-electron chi connectivity index (χ1n) is 8.58. The lowest BCUT2D eigenvalue weighted by molar-refractivity contribution is -0.234. The zero-order valence-electron chi connectivity index (χ0n) is 14.8. The minimum atomic E-state index is -1.04. The summed E-state index contributed by atoms with van der Waals surface area (Å²) in [5, 5.41) is 11.1. The molecule has 3 saturated heterocycles.